The van der Waals surface area contributed by atoms with Gasteiger partial charge in [-0.1, -0.05) is 15.9 Å². The number of methoxy groups -OCH3 is 1. The van der Waals surface area contributed by atoms with Gasteiger partial charge in [-0.25, -0.2) is 8.78 Å². The number of rotatable bonds is 4. The van der Waals surface area contributed by atoms with Crippen LogP contribution in [0.5, 0.6) is 11.5 Å². The van der Waals surface area contributed by atoms with Gasteiger partial charge in [0, 0.05) is 10.5 Å². The molecule has 4 nitrogen and oxygen atoms in total. The zero-order valence-corrected chi connectivity index (χ0v) is 13.0. The molecule has 0 bridgehead atoms. The van der Waals surface area contributed by atoms with Gasteiger partial charge in [-0.2, -0.15) is 8.42 Å². The van der Waals surface area contributed by atoms with E-state index in [2.05, 4.69) is 15.9 Å². The highest BCUT2D eigenvalue weighted by atomic mass is 79.9. The minimum absolute atomic E-state index is 0.0702. The highest BCUT2D eigenvalue weighted by molar-refractivity contribution is 9.10. The van der Waals surface area contributed by atoms with Crippen molar-refractivity contribution in [2.75, 3.05) is 7.11 Å². The number of ether oxygens (including phenoxy) is 1. The predicted molar refractivity (Wildman–Crippen MR) is 74.9 cm³/mol. The van der Waals surface area contributed by atoms with Gasteiger partial charge in [0.05, 0.1) is 7.11 Å². The Kier molecular flexibility index (Phi) is 4.48. The third-order valence-corrected chi connectivity index (χ3v) is 4.25. The van der Waals surface area contributed by atoms with E-state index in [1.807, 2.05) is 0 Å². The van der Waals surface area contributed by atoms with E-state index in [-0.39, 0.29) is 16.4 Å². The Morgan fingerprint density at radius 3 is 2.38 bits per heavy atom. The van der Waals surface area contributed by atoms with Crippen molar-refractivity contribution in [2.24, 2.45) is 0 Å². The van der Waals surface area contributed by atoms with Gasteiger partial charge < -0.3 is 8.92 Å². The Labute approximate surface area is 128 Å². The Balaban J connectivity index is 2.42. The normalized spacial score (nSPS) is 11.2. The summed E-state index contributed by atoms with van der Waals surface area (Å²) in [4.78, 5) is -0.232. The van der Waals surface area contributed by atoms with E-state index in [9.17, 15) is 17.2 Å². The van der Waals surface area contributed by atoms with E-state index in [1.54, 1.807) is 6.07 Å². The number of halogens is 3. The molecule has 0 atom stereocenters. The molecule has 0 aliphatic heterocycles. The summed E-state index contributed by atoms with van der Waals surface area (Å²) in [5.74, 6) is -2.57. The van der Waals surface area contributed by atoms with E-state index < -0.39 is 21.8 Å². The lowest BCUT2D eigenvalue weighted by atomic mass is 10.3. The van der Waals surface area contributed by atoms with E-state index in [1.165, 1.54) is 19.2 Å². The quantitative estimate of drug-likeness (QED) is 0.764. The topological polar surface area (TPSA) is 52.6 Å². The molecule has 0 radical (unpaired) electrons. The number of hydrogen-bond acceptors (Lipinski definition) is 4. The summed E-state index contributed by atoms with van der Waals surface area (Å²) in [7, 11) is -2.95. The van der Waals surface area contributed by atoms with Crippen LogP contribution in [0, 0.1) is 11.6 Å². The van der Waals surface area contributed by atoms with Crippen molar-refractivity contribution in [1.29, 1.82) is 0 Å². The highest BCUT2D eigenvalue weighted by Gasteiger charge is 2.23. The van der Waals surface area contributed by atoms with Crippen LogP contribution in [0.15, 0.2) is 45.8 Å². The molecule has 0 unspecified atom stereocenters. The maximum atomic E-state index is 13.1. The summed E-state index contributed by atoms with van der Waals surface area (Å²) in [6.45, 7) is 0. The lowest BCUT2D eigenvalue weighted by Gasteiger charge is -2.11. The van der Waals surface area contributed by atoms with Gasteiger partial charge in [-0.05, 0) is 30.3 Å². The molecule has 2 aromatic carbocycles. The lowest BCUT2D eigenvalue weighted by Crippen LogP contribution is -2.11. The summed E-state index contributed by atoms with van der Waals surface area (Å²) in [6.07, 6.45) is 0. The van der Waals surface area contributed by atoms with E-state index in [4.69, 9.17) is 8.92 Å². The molecule has 0 saturated heterocycles. The molecular formula is C13H9BrF2O4S. The minimum Gasteiger partial charge on any atom is -0.495 e. The molecule has 2 aromatic rings. The molecule has 0 heterocycles. The third kappa shape index (κ3) is 3.51. The maximum absolute atomic E-state index is 13.1. The first-order valence-electron chi connectivity index (χ1n) is 5.56. The predicted octanol–water partition coefficient (Wildman–Crippen LogP) is 3.50. The van der Waals surface area contributed by atoms with Crippen molar-refractivity contribution >= 4 is 26.0 Å². The summed E-state index contributed by atoms with van der Waals surface area (Å²) in [5.41, 5.74) is 0. The first-order valence-corrected chi connectivity index (χ1v) is 7.76. The van der Waals surface area contributed by atoms with Crippen molar-refractivity contribution < 1.29 is 26.1 Å². The second kappa shape index (κ2) is 5.98. The molecule has 0 fully saturated rings. The average Bonchev–Trinajstić information content (AvgIpc) is 2.42. The van der Waals surface area contributed by atoms with E-state index in [0.29, 0.717) is 10.5 Å². The fraction of sp³-hybridized carbons (Fsp3) is 0.0769. The monoisotopic (exact) mass is 378 g/mol. The van der Waals surface area contributed by atoms with Crippen LogP contribution in [0.2, 0.25) is 0 Å². The van der Waals surface area contributed by atoms with Gasteiger partial charge in [-0.15, -0.1) is 0 Å². The molecule has 0 saturated carbocycles. The van der Waals surface area contributed by atoms with E-state index >= 15 is 0 Å². The van der Waals surface area contributed by atoms with Crippen molar-refractivity contribution in [3.63, 3.8) is 0 Å². The fourth-order valence-corrected chi connectivity index (χ4v) is 3.17. The smallest absolute Gasteiger partial charge is 0.342 e. The Hall–Kier alpha value is -1.67. The first kappa shape index (κ1) is 15.7. The molecule has 0 amide bonds. The fourth-order valence-electron chi connectivity index (χ4n) is 1.55. The van der Waals surface area contributed by atoms with Gasteiger partial charge >= 0.3 is 10.1 Å². The molecular weight excluding hydrogens is 370 g/mol. The SMILES string of the molecule is COc1ccc(Br)cc1S(=O)(=O)Oc1ccc(F)c(F)c1. The summed E-state index contributed by atoms with van der Waals surface area (Å²) in [5, 5.41) is 0. The zero-order chi connectivity index (χ0) is 15.6. The lowest BCUT2D eigenvalue weighted by molar-refractivity contribution is 0.397. The Morgan fingerprint density at radius 1 is 1.05 bits per heavy atom. The van der Waals surface area contributed by atoms with Crippen molar-refractivity contribution in [3.8, 4) is 11.5 Å². The van der Waals surface area contributed by atoms with Gasteiger partial charge in [0.25, 0.3) is 0 Å². The Morgan fingerprint density at radius 2 is 1.76 bits per heavy atom. The van der Waals surface area contributed by atoms with Crippen LogP contribution < -0.4 is 8.92 Å². The zero-order valence-electron chi connectivity index (χ0n) is 10.6. The molecule has 0 aliphatic carbocycles. The second-order valence-electron chi connectivity index (χ2n) is 3.91. The van der Waals surface area contributed by atoms with Crippen LogP contribution in [-0.4, -0.2) is 15.5 Å². The minimum atomic E-state index is -4.25. The standard InChI is InChI=1S/C13H9BrF2O4S/c1-19-12-5-2-8(14)6-13(12)21(17,18)20-9-3-4-10(15)11(16)7-9/h2-7H,1H3. The average molecular weight is 379 g/mol. The molecule has 0 aromatic heterocycles. The van der Waals surface area contributed by atoms with Gasteiger partial charge in [0.15, 0.2) is 11.6 Å². The van der Waals surface area contributed by atoms with Crippen LogP contribution in [0.3, 0.4) is 0 Å². The molecule has 0 spiro atoms. The Bertz CT molecular complexity index is 778. The van der Waals surface area contributed by atoms with Crippen molar-refractivity contribution in [1.82, 2.24) is 0 Å². The van der Waals surface area contributed by atoms with Crippen molar-refractivity contribution in [3.05, 3.63) is 52.5 Å². The van der Waals surface area contributed by atoms with Crippen LogP contribution in [0.1, 0.15) is 0 Å². The molecule has 21 heavy (non-hydrogen) atoms. The summed E-state index contributed by atoms with van der Waals surface area (Å²) in [6, 6.07) is 6.76. The van der Waals surface area contributed by atoms with Gasteiger partial charge in [0.1, 0.15) is 16.4 Å². The maximum Gasteiger partial charge on any atom is 0.342 e. The van der Waals surface area contributed by atoms with Crippen LogP contribution in [0.25, 0.3) is 0 Å². The largest absolute Gasteiger partial charge is 0.495 e. The number of hydrogen-bond donors (Lipinski definition) is 0. The van der Waals surface area contributed by atoms with E-state index in [0.717, 1.165) is 12.1 Å². The molecule has 0 aliphatic rings. The summed E-state index contributed by atoms with van der Waals surface area (Å²) >= 11 is 3.14. The summed E-state index contributed by atoms with van der Waals surface area (Å²) < 4.78 is 60.5. The number of benzene rings is 2. The molecule has 2 rings (SSSR count). The second-order valence-corrected chi connectivity index (χ2v) is 6.34. The van der Waals surface area contributed by atoms with Crippen LogP contribution >= 0.6 is 15.9 Å². The highest BCUT2D eigenvalue weighted by Crippen LogP contribution is 2.30. The molecule has 112 valence electrons. The van der Waals surface area contributed by atoms with Crippen LogP contribution in [0.4, 0.5) is 8.78 Å². The molecule has 0 N–H and O–H groups in total. The van der Waals surface area contributed by atoms with Gasteiger partial charge in [0.2, 0.25) is 0 Å². The molecule has 8 heteroatoms. The van der Waals surface area contributed by atoms with Crippen molar-refractivity contribution in [2.45, 2.75) is 4.90 Å². The van der Waals surface area contributed by atoms with Gasteiger partial charge in [-0.3, -0.25) is 0 Å². The third-order valence-electron chi connectivity index (χ3n) is 2.49. The first-order chi connectivity index (χ1) is 9.83. The van der Waals surface area contributed by atoms with Crippen LogP contribution in [-0.2, 0) is 10.1 Å².